The first-order valence-electron chi connectivity index (χ1n) is 9.37. The molecule has 1 saturated heterocycles. The molecule has 0 bridgehead atoms. The molecule has 0 radical (unpaired) electrons. The van der Waals surface area contributed by atoms with Crippen LogP contribution in [-0.4, -0.2) is 45.7 Å². The van der Waals surface area contributed by atoms with Crippen LogP contribution in [0.3, 0.4) is 0 Å². The molecule has 0 saturated carbocycles. The molecular formula is C20H24FN3O3S. The van der Waals surface area contributed by atoms with Gasteiger partial charge in [0.2, 0.25) is 10.0 Å². The highest BCUT2D eigenvalue weighted by atomic mass is 32.2. The molecule has 4 rings (SSSR count). The van der Waals surface area contributed by atoms with E-state index in [9.17, 15) is 12.8 Å². The maximum absolute atomic E-state index is 14.2. The Kier molecular flexibility index (Phi) is 5.03. The van der Waals surface area contributed by atoms with Gasteiger partial charge in [-0.3, -0.25) is 0 Å². The number of benzene rings is 2. The number of ether oxygens (including phenoxy) is 1. The lowest BCUT2D eigenvalue weighted by molar-refractivity contribution is 0.166. The van der Waals surface area contributed by atoms with Gasteiger partial charge in [0.05, 0.1) is 12.8 Å². The van der Waals surface area contributed by atoms with Crippen LogP contribution in [0.2, 0.25) is 0 Å². The van der Waals surface area contributed by atoms with Gasteiger partial charge in [-0.05, 0) is 49.1 Å². The van der Waals surface area contributed by atoms with Gasteiger partial charge in [0, 0.05) is 19.6 Å². The second-order valence-electron chi connectivity index (χ2n) is 7.37. The SMILES string of the molecule is COc1ccc(CCN2CCC3(CC2)Nc2c(F)cccc2S(=O)(=O)N3)cc1. The first kappa shape index (κ1) is 19.2. The number of nitrogens with one attached hydrogen (secondary N) is 2. The van der Waals surface area contributed by atoms with Gasteiger partial charge in [0.25, 0.3) is 0 Å². The third-order valence-corrected chi connectivity index (χ3v) is 7.12. The summed E-state index contributed by atoms with van der Waals surface area (Å²) in [6, 6.07) is 12.1. The van der Waals surface area contributed by atoms with Gasteiger partial charge in [-0.25, -0.2) is 12.8 Å². The van der Waals surface area contributed by atoms with Crippen molar-refractivity contribution >= 4 is 15.7 Å². The summed E-state index contributed by atoms with van der Waals surface area (Å²) in [4.78, 5) is 2.28. The van der Waals surface area contributed by atoms with Crippen molar-refractivity contribution in [3.05, 3.63) is 53.8 Å². The molecule has 0 unspecified atom stereocenters. The van der Waals surface area contributed by atoms with E-state index >= 15 is 0 Å². The number of hydrogen-bond acceptors (Lipinski definition) is 5. The van der Waals surface area contributed by atoms with Crippen LogP contribution in [0.5, 0.6) is 5.75 Å². The number of likely N-dealkylation sites (tertiary alicyclic amines) is 1. The van der Waals surface area contributed by atoms with Gasteiger partial charge in [0.15, 0.2) is 0 Å². The molecule has 2 aromatic rings. The summed E-state index contributed by atoms with van der Waals surface area (Å²) in [6.07, 6.45) is 2.05. The van der Waals surface area contributed by atoms with Crippen LogP contribution < -0.4 is 14.8 Å². The molecule has 150 valence electrons. The van der Waals surface area contributed by atoms with E-state index in [1.165, 1.54) is 23.8 Å². The molecule has 28 heavy (non-hydrogen) atoms. The zero-order chi connectivity index (χ0) is 19.8. The average molecular weight is 405 g/mol. The molecule has 2 N–H and O–H groups in total. The Bertz CT molecular complexity index is 955. The monoisotopic (exact) mass is 405 g/mol. The lowest BCUT2D eigenvalue weighted by atomic mass is 9.96. The molecule has 2 heterocycles. The normalized spacial score (nSPS) is 20.4. The zero-order valence-electron chi connectivity index (χ0n) is 15.7. The molecular weight excluding hydrogens is 381 g/mol. The molecule has 2 aromatic carbocycles. The third kappa shape index (κ3) is 3.72. The average Bonchev–Trinajstić information content (AvgIpc) is 2.68. The van der Waals surface area contributed by atoms with Crippen molar-refractivity contribution in [2.45, 2.75) is 29.8 Å². The quantitative estimate of drug-likeness (QED) is 0.818. The van der Waals surface area contributed by atoms with E-state index in [4.69, 9.17) is 4.74 Å². The van der Waals surface area contributed by atoms with E-state index in [2.05, 4.69) is 27.1 Å². The second kappa shape index (κ2) is 7.35. The van der Waals surface area contributed by atoms with E-state index in [0.29, 0.717) is 12.8 Å². The largest absolute Gasteiger partial charge is 0.497 e. The number of halogens is 1. The molecule has 2 aliphatic rings. The third-order valence-electron chi connectivity index (χ3n) is 5.54. The van der Waals surface area contributed by atoms with Crippen molar-refractivity contribution in [1.82, 2.24) is 9.62 Å². The minimum atomic E-state index is -3.73. The minimum Gasteiger partial charge on any atom is -0.497 e. The predicted octanol–water partition coefficient (Wildman–Crippen LogP) is 2.57. The number of nitrogens with zero attached hydrogens (tertiary/aromatic N) is 1. The number of piperidine rings is 1. The van der Waals surface area contributed by atoms with Crippen LogP contribution in [0, 0.1) is 5.82 Å². The highest BCUT2D eigenvalue weighted by Gasteiger charge is 2.43. The number of sulfonamides is 1. The Morgan fingerprint density at radius 1 is 1.14 bits per heavy atom. The molecule has 6 nitrogen and oxygen atoms in total. The highest BCUT2D eigenvalue weighted by molar-refractivity contribution is 7.89. The molecule has 0 aliphatic carbocycles. The summed E-state index contributed by atoms with van der Waals surface area (Å²) in [5.74, 6) is 0.302. The summed E-state index contributed by atoms with van der Waals surface area (Å²) < 4.78 is 47.4. The number of fused-ring (bicyclic) bond motifs is 1. The number of rotatable bonds is 4. The van der Waals surface area contributed by atoms with E-state index < -0.39 is 21.5 Å². The molecule has 2 aliphatic heterocycles. The van der Waals surface area contributed by atoms with Gasteiger partial charge in [-0.2, -0.15) is 4.72 Å². The van der Waals surface area contributed by atoms with Crippen molar-refractivity contribution in [1.29, 1.82) is 0 Å². The fraction of sp³-hybridized carbons (Fsp3) is 0.400. The first-order valence-corrected chi connectivity index (χ1v) is 10.9. The lowest BCUT2D eigenvalue weighted by Gasteiger charge is -2.45. The number of methoxy groups -OCH3 is 1. The Morgan fingerprint density at radius 3 is 2.54 bits per heavy atom. The lowest BCUT2D eigenvalue weighted by Crippen LogP contribution is -2.62. The Morgan fingerprint density at radius 2 is 1.86 bits per heavy atom. The van der Waals surface area contributed by atoms with E-state index in [0.717, 1.165) is 31.8 Å². The van der Waals surface area contributed by atoms with Gasteiger partial charge < -0.3 is 15.0 Å². The van der Waals surface area contributed by atoms with Crippen molar-refractivity contribution in [3.63, 3.8) is 0 Å². The topological polar surface area (TPSA) is 70.7 Å². The van der Waals surface area contributed by atoms with Crippen LogP contribution in [0.25, 0.3) is 0 Å². The summed E-state index contributed by atoms with van der Waals surface area (Å²) >= 11 is 0. The Hall–Kier alpha value is -2.16. The summed E-state index contributed by atoms with van der Waals surface area (Å²) in [5, 5.41) is 3.14. The van der Waals surface area contributed by atoms with Crippen LogP contribution in [0.1, 0.15) is 18.4 Å². The van der Waals surface area contributed by atoms with Gasteiger partial charge in [-0.1, -0.05) is 18.2 Å². The van der Waals surface area contributed by atoms with E-state index in [-0.39, 0.29) is 10.6 Å². The van der Waals surface area contributed by atoms with Gasteiger partial charge in [-0.15, -0.1) is 0 Å². The van der Waals surface area contributed by atoms with Crippen LogP contribution in [0.15, 0.2) is 47.4 Å². The number of anilines is 1. The smallest absolute Gasteiger partial charge is 0.244 e. The summed E-state index contributed by atoms with van der Waals surface area (Å²) in [5.41, 5.74) is 0.478. The second-order valence-corrected chi connectivity index (χ2v) is 9.02. The van der Waals surface area contributed by atoms with E-state index in [1.807, 2.05) is 12.1 Å². The first-order chi connectivity index (χ1) is 13.4. The molecule has 0 atom stereocenters. The summed E-state index contributed by atoms with van der Waals surface area (Å²) in [7, 11) is -2.09. The van der Waals surface area contributed by atoms with Crippen molar-refractivity contribution in [2.24, 2.45) is 0 Å². The molecule has 1 spiro atoms. The Labute approximate surface area is 164 Å². The standard InChI is InChI=1S/C20H24FN3O3S/c1-27-16-7-5-15(6-8-16)9-12-24-13-10-20(11-14-24)22-19-17(21)3-2-4-18(19)28(25,26)23-20/h2-8,22-23H,9-14H2,1H3. The Balaban J connectivity index is 1.40. The molecule has 1 fully saturated rings. The maximum atomic E-state index is 14.2. The van der Waals surface area contributed by atoms with Crippen LogP contribution in [0.4, 0.5) is 10.1 Å². The van der Waals surface area contributed by atoms with Crippen molar-refractivity contribution < 1.29 is 17.5 Å². The van der Waals surface area contributed by atoms with Crippen LogP contribution >= 0.6 is 0 Å². The molecule has 0 aromatic heterocycles. The number of para-hydroxylation sites is 1. The maximum Gasteiger partial charge on any atom is 0.244 e. The van der Waals surface area contributed by atoms with Gasteiger partial charge >= 0.3 is 0 Å². The minimum absolute atomic E-state index is 0.0277. The fourth-order valence-electron chi connectivity index (χ4n) is 3.89. The van der Waals surface area contributed by atoms with E-state index in [1.54, 1.807) is 7.11 Å². The summed E-state index contributed by atoms with van der Waals surface area (Å²) in [6.45, 7) is 2.35. The number of hydrogen-bond donors (Lipinski definition) is 2. The highest BCUT2D eigenvalue weighted by Crippen LogP contribution is 2.36. The molecule has 8 heteroatoms. The van der Waals surface area contributed by atoms with Crippen molar-refractivity contribution in [2.75, 3.05) is 32.1 Å². The fourth-order valence-corrected chi connectivity index (χ4v) is 5.45. The van der Waals surface area contributed by atoms with Gasteiger partial charge in [0.1, 0.15) is 22.1 Å². The molecule has 0 amide bonds. The van der Waals surface area contributed by atoms with Crippen molar-refractivity contribution in [3.8, 4) is 5.75 Å². The predicted molar refractivity (Wildman–Crippen MR) is 105 cm³/mol. The zero-order valence-corrected chi connectivity index (χ0v) is 16.6. The van der Waals surface area contributed by atoms with Crippen LogP contribution in [-0.2, 0) is 16.4 Å².